The van der Waals surface area contributed by atoms with Crippen LogP contribution in [0.1, 0.15) is 32.3 Å². The minimum atomic E-state index is -0.0345. The van der Waals surface area contributed by atoms with Crippen molar-refractivity contribution in [2.75, 3.05) is 0 Å². The Morgan fingerprint density at radius 3 is 2.05 bits per heavy atom. The SMILES string of the molecule is CCC(=O)/N=C(\CC)Cc1ccc(-c2ccccc2)cc1. The lowest BCUT2D eigenvalue weighted by molar-refractivity contribution is -0.117. The summed E-state index contributed by atoms with van der Waals surface area (Å²) < 4.78 is 0. The molecule has 0 aliphatic rings. The number of hydrogen-bond donors (Lipinski definition) is 0. The van der Waals surface area contributed by atoms with Crippen LogP contribution in [0, 0.1) is 0 Å². The molecule has 2 rings (SSSR count). The van der Waals surface area contributed by atoms with E-state index in [1.54, 1.807) is 0 Å². The second kappa shape index (κ2) is 7.53. The fourth-order valence-corrected chi connectivity index (χ4v) is 2.18. The highest BCUT2D eigenvalue weighted by molar-refractivity contribution is 5.96. The summed E-state index contributed by atoms with van der Waals surface area (Å²) in [5.74, 6) is -0.0345. The Balaban J connectivity index is 2.12. The van der Waals surface area contributed by atoms with Crippen molar-refractivity contribution in [1.82, 2.24) is 0 Å². The van der Waals surface area contributed by atoms with Crippen molar-refractivity contribution in [2.24, 2.45) is 4.99 Å². The summed E-state index contributed by atoms with van der Waals surface area (Å²) in [7, 11) is 0. The predicted molar refractivity (Wildman–Crippen MR) is 88.6 cm³/mol. The van der Waals surface area contributed by atoms with Crippen LogP contribution in [0.25, 0.3) is 11.1 Å². The Bertz CT molecular complexity index is 612. The third-order valence-electron chi connectivity index (χ3n) is 3.46. The number of benzene rings is 2. The predicted octanol–water partition coefficient (Wildman–Crippen LogP) is 4.68. The molecule has 0 bridgehead atoms. The van der Waals surface area contributed by atoms with Crippen LogP contribution in [0.2, 0.25) is 0 Å². The van der Waals surface area contributed by atoms with E-state index in [2.05, 4.69) is 41.4 Å². The molecule has 0 radical (unpaired) electrons. The Labute approximate surface area is 126 Å². The van der Waals surface area contributed by atoms with Gasteiger partial charge in [-0.15, -0.1) is 0 Å². The molecule has 1 amide bonds. The maximum Gasteiger partial charge on any atom is 0.245 e. The summed E-state index contributed by atoms with van der Waals surface area (Å²) in [6.07, 6.45) is 2.03. The zero-order valence-corrected chi connectivity index (χ0v) is 12.7. The van der Waals surface area contributed by atoms with Crippen molar-refractivity contribution in [3.63, 3.8) is 0 Å². The highest BCUT2D eigenvalue weighted by Crippen LogP contribution is 2.19. The van der Waals surface area contributed by atoms with Crippen LogP contribution >= 0.6 is 0 Å². The highest BCUT2D eigenvalue weighted by atomic mass is 16.1. The van der Waals surface area contributed by atoms with Crippen LogP contribution < -0.4 is 0 Å². The molecule has 0 saturated heterocycles. The molecule has 0 atom stereocenters. The maximum atomic E-state index is 11.4. The quantitative estimate of drug-likeness (QED) is 0.730. The van der Waals surface area contributed by atoms with Gasteiger partial charge in [0.25, 0.3) is 0 Å². The molecule has 0 heterocycles. The molecule has 0 spiro atoms. The summed E-state index contributed by atoms with van der Waals surface area (Å²) in [5, 5.41) is 0. The molecular weight excluding hydrogens is 258 g/mol. The smallest absolute Gasteiger partial charge is 0.245 e. The lowest BCUT2D eigenvalue weighted by Crippen LogP contribution is -2.05. The Morgan fingerprint density at radius 1 is 0.857 bits per heavy atom. The van der Waals surface area contributed by atoms with Gasteiger partial charge >= 0.3 is 0 Å². The molecule has 0 N–H and O–H groups in total. The number of rotatable bonds is 5. The molecule has 0 unspecified atom stereocenters. The van der Waals surface area contributed by atoms with Crippen LogP contribution in [0.4, 0.5) is 0 Å². The normalized spacial score (nSPS) is 11.4. The van der Waals surface area contributed by atoms with Crippen molar-refractivity contribution in [1.29, 1.82) is 0 Å². The number of carbonyl (C=O) groups is 1. The van der Waals surface area contributed by atoms with E-state index >= 15 is 0 Å². The van der Waals surface area contributed by atoms with Gasteiger partial charge in [-0.3, -0.25) is 4.79 Å². The summed E-state index contributed by atoms with van der Waals surface area (Å²) in [5.41, 5.74) is 4.57. The van der Waals surface area contributed by atoms with Gasteiger partial charge in [0.1, 0.15) is 0 Å². The van der Waals surface area contributed by atoms with E-state index in [9.17, 15) is 4.79 Å². The molecule has 2 aromatic carbocycles. The minimum Gasteiger partial charge on any atom is -0.273 e. The van der Waals surface area contributed by atoms with Gasteiger partial charge in [0.05, 0.1) is 0 Å². The van der Waals surface area contributed by atoms with Gasteiger partial charge in [-0.05, 0) is 23.1 Å². The first kappa shape index (κ1) is 15.2. The van der Waals surface area contributed by atoms with Crippen LogP contribution in [0.15, 0.2) is 59.6 Å². The zero-order chi connectivity index (χ0) is 15.1. The average molecular weight is 279 g/mol. The maximum absolute atomic E-state index is 11.4. The fraction of sp³-hybridized carbons (Fsp3) is 0.263. The van der Waals surface area contributed by atoms with Gasteiger partial charge < -0.3 is 0 Å². The standard InChI is InChI=1S/C19H21NO/c1-3-18(20-19(21)4-2)14-15-10-12-17(13-11-15)16-8-6-5-7-9-16/h5-13H,3-4,14H2,1-2H3/b20-18+. The van der Waals surface area contributed by atoms with Crippen LogP contribution in [-0.2, 0) is 11.2 Å². The molecule has 21 heavy (non-hydrogen) atoms. The van der Waals surface area contributed by atoms with Gasteiger partial charge in [0.2, 0.25) is 5.91 Å². The van der Waals surface area contributed by atoms with Crippen molar-refractivity contribution in [3.05, 3.63) is 60.2 Å². The number of hydrogen-bond acceptors (Lipinski definition) is 1. The monoisotopic (exact) mass is 279 g/mol. The molecule has 0 aliphatic heterocycles. The Hall–Kier alpha value is -2.22. The topological polar surface area (TPSA) is 29.4 Å². The molecule has 2 heteroatoms. The lowest BCUT2D eigenvalue weighted by Gasteiger charge is -2.06. The lowest BCUT2D eigenvalue weighted by atomic mass is 10.0. The molecule has 0 saturated carbocycles. The summed E-state index contributed by atoms with van der Waals surface area (Å²) >= 11 is 0. The number of aliphatic imine (C=N–C) groups is 1. The summed E-state index contributed by atoms with van der Waals surface area (Å²) in [4.78, 5) is 15.6. The van der Waals surface area contributed by atoms with Gasteiger partial charge in [-0.2, -0.15) is 0 Å². The number of amides is 1. The Kier molecular flexibility index (Phi) is 5.44. The molecule has 2 nitrogen and oxygen atoms in total. The first-order chi connectivity index (χ1) is 10.2. The second-order valence-electron chi connectivity index (χ2n) is 5.02. The van der Waals surface area contributed by atoms with Gasteiger partial charge in [-0.25, -0.2) is 4.99 Å². The largest absolute Gasteiger partial charge is 0.273 e. The second-order valence-corrected chi connectivity index (χ2v) is 5.02. The van der Waals surface area contributed by atoms with Crippen LogP contribution in [0.3, 0.4) is 0 Å². The summed E-state index contributed by atoms with van der Waals surface area (Å²) in [6, 6.07) is 18.8. The first-order valence-corrected chi connectivity index (χ1v) is 7.46. The molecule has 0 aromatic heterocycles. The first-order valence-electron chi connectivity index (χ1n) is 7.46. The average Bonchev–Trinajstić information content (AvgIpc) is 2.55. The Morgan fingerprint density at radius 2 is 1.48 bits per heavy atom. The van der Waals surface area contributed by atoms with Crippen LogP contribution in [0.5, 0.6) is 0 Å². The van der Waals surface area contributed by atoms with Crippen molar-refractivity contribution in [3.8, 4) is 11.1 Å². The fourth-order valence-electron chi connectivity index (χ4n) is 2.18. The van der Waals surface area contributed by atoms with Crippen molar-refractivity contribution < 1.29 is 4.79 Å². The van der Waals surface area contributed by atoms with E-state index < -0.39 is 0 Å². The number of nitrogens with zero attached hydrogens (tertiary/aromatic N) is 1. The van der Waals surface area contributed by atoms with E-state index in [-0.39, 0.29) is 5.91 Å². The van der Waals surface area contributed by atoms with E-state index in [1.807, 2.05) is 32.0 Å². The third-order valence-corrected chi connectivity index (χ3v) is 3.46. The van der Waals surface area contributed by atoms with E-state index in [4.69, 9.17) is 0 Å². The summed E-state index contributed by atoms with van der Waals surface area (Å²) in [6.45, 7) is 3.88. The van der Waals surface area contributed by atoms with Crippen LogP contribution in [-0.4, -0.2) is 11.6 Å². The van der Waals surface area contributed by atoms with Gasteiger partial charge in [0, 0.05) is 18.6 Å². The zero-order valence-electron chi connectivity index (χ0n) is 12.7. The third kappa shape index (κ3) is 4.38. The molecule has 108 valence electrons. The van der Waals surface area contributed by atoms with Gasteiger partial charge in [-0.1, -0.05) is 68.4 Å². The number of carbonyl (C=O) groups excluding carboxylic acids is 1. The van der Waals surface area contributed by atoms with Crippen molar-refractivity contribution in [2.45, 2.75) is 33.1 Å². The molecular formula is C19H21NO. The van der Waals surface area contributed by atoms with E-state index in [0.717, 1.165) is 18.6 Å². The van der Waals surface area contributed by atoms with Gasteiger partial charge in [0.15, 0.2) is 0 Å². The van der Waals surface area contributed by atoms with E-state index in [1.165, 1.54) is 16.7 Å². The van der Waals surface area contributed by atoms with E-state index in [0.29, 0.717) is 6.42 Å². The molecule has 0 aliphatic carbocycles. The van der Waals surface area contributed by atoms with Crippen molar-refractivity contribution >= 4 is 11.6 Å². The minimum absolute atomic E-state index is 0.0345. The highest BCUT2D eigenvalue weighted by Gasteiger charge is 2.03. The molecule has 2 aromatic rings. The molecule has 0 fully saturated rings.